The van der Waals surface area contributed by atoms with Crippen LogP contribution in [0.15, 0.2) is 0 Å². The summed E-state index contributed by atoms with van der Waals surface area (Å²) in [5.41, 5.74) is 0. The Hall–Kier alpha value is 0.01000. The van der Waals surface area contributed by atoms with E-state index >= 15 is 0 Å². The first-order valence-corrected chi connectivity index (χ1v) is 5.99. The van der Waals surface area contributed by atoms with Gasteiger partial charge >= 0.3 is 0 Å². The fraction of sp³-hybridized carbons (Fsp3) is 0.900. The van der Waals surface area contributed by atoms with Crippen LogP contribution in [0.2, 0.25) is 0 Å². The zero-order chi connectivity index (χ0) is 11.1. The zero-order valence-corrected chi connectivity index (χ0v) is 10.2. The Morgan fingerprint density at radius 3 is 2.33 bits per heavy atom. The van der Waals surface area contributed by atoms with Crippen molar-refractivity contribution in [2.24, 2.45) is 5.92 Å². The average Bonchev–Trinajstić information content (AvgIpc) is 2.87. The average molecular weight is 252 g/mol. The SMILES string of the molecule is COC1CCN(C(=O)C2CC2(Cl)Cl)CC1. The van der Waals surface area contributed by atoms with Crippen LogP contribution in [0.25, 0.3) is 0 Å². The second kappa shape index (κ2) is 4.11. The molecule has 2 aliphatic rings. The van der Waals surface area contributed by atoms with Crippen molar-refractivity contribution >= 4 is 29.1 Å². The quantitative estimate of drug-likeness (QED) is 0.701. The third kappa shape index (κ3) is 2.40. The summed E-state index contributed by atoms with van der Waals surface area (Å²) in [4.78, 5) is 13.7. The maximum atomic E-state index is 11.9. The van der Waals surface area contributed by atoms with Crippen molar-refractivity contribution in [3.05, 3.63) is 0 Å². The molecule has 5 heteroatoms. The van der Waals surface area contributed by atoms with Crippen molar-refractivity contribution in [1.29, 1.82) is 0 Å². The molecule has 0 spiro atoms. The van der Waals surface area contributed by atoms with E-state index in [9.17, 15) is 4.79 Å². The molecule has 1 saturated carbocycles. The van der Waals surface area contributed by atoms with E-state index in [0.29, 0.717) is 12.5 Å². The van der Waals surface area contributed by atoms with Crippen LogP contribution in [-0.2, 0) is 9.53 Å². The molecule has 0 N–H and O–H groups in total. The smallest absolute Gasteiger partial charge is 0.228 e. The molecule has 0 aromatic heterocycles. The number of hydrogen-bond donors (Lipinski definition) is 0. The van der Waals surface area contributed by atoms with Gasteiger partial charge in [0.05, 0.1) is 12.0 Å². The van der Waals surface area contributed by atoms with E-state index in [1.807, 2.05) is 4.90 Å². The molecule has 1 saturated heterocycles. The highest BCUT2D eigenvalue weighted by Gasteiger charge is 2.57. The van der Waals surface area contributed by atoms with Gasteiger partial charge < -0.3 is 9.64 Å². The summed E-state index contributed by atoms with van der Waals surface area (Å²) in [6.07, 6.45) is 2.71. The van der Waals surface area contributed by atoms with E-state index in [-0.39, 0.29) is 11.8 Å². The lowest BCUT2D eigenvalue weighted by Gasteiger charge is -2.31. The lowest BCUT2D eigenvalue weighted by Crippen LogP contribution is -2.42. The lowest BCUT2D eigenvalue weighted by molar-refractivity contribution is -0.134. The third-order valence-corrected chi connectivity index (χ3v) is 4.05. The number of carbonyl (C=O) groups is 1. The number of carbonyl (C=O) groups excluding carboxylic acids is 1. The minimum absolute atomic E-state index is 0.106. The van der Waals surface area contributed by atoms with Crippen LogP contribution in [0, 0.1) is 5.92 Å². The topological polar surface area (TPSA) is 29.5 Å². The first-order chi connectivity index (χ1) is 7.04. The van der Waals surface area contributed by atoms with Gasteiger partial charge in [-0.05, 0) is 19.3 Å². The Morgan fingerprint density at radius 2 is 1.93 bits per heavy atom. The molecule has 0 bridgehead atoms. The number of amides is 1. The third-order valence-electron chi connectivity index (χ3n) is 3.21. The highest BCUT2D eigenvalue weighted by molar-refractivity contribution is 6.52. The highest BCUT2D eigenvalue weighted by atomic mass is 35.5. The van der Waals surface area contributed by atoms with E-state index < -0.39 is 4.33 Å². The minimum atomic E-state index is -0.796. The largest absolute Gasteiger partial charge is 0.381 e. The Morgan fingerprint density at radius 1 is 1.40 bits per heavy atom. The first-order valence-electron chi connectivity index (χ1n) is 5.24. The van der Waals surface area contributed by atoms with Gasteiger partial charge in [-0.2, -0.15) is 0 Å². The van der Waals surface area contributed by atoms with E-state index in [1.165, 1.54) is 0 Å². The number of piperidine rings is 1. The molecule has 2 fully saturated rings. The normalized spacial score (nSPS) is 30.3. The predicted molar refractivity (Wildman–Crippen MR) is 59.2 cm³/mol. The van der Waals surface area contributed by atoms with Gasteiger partial charge in [0.2, 0.25) is 5.91 Å². The fourth-order valence-electron chi connectivity index (χ4n) is 2.01. The van der Waals surface area contributed by atoms with Gasteiger partial charge in [0.1, 0.15) is 4.33 Å². The molecule has 0 radical (unpaired) electrons. The first kappa shape index (κ1) is 11.5. The van der Waals surface area contributed by atoms with Crippen molar-refractivity contribution in [3.8, 4) is 0 Å². The van der Waals surface area contributed by atoms with Crippen LogP contribution < -0.4 is 0 Å². The molecule has 2 rings (SSSR count). The summed E-state index contributed by atoms with van der Waals surface area (Å²) >= 11 is 11.7. The van der Waals surface area contributed by atoms with Gasteiger partial charge in [0, 0.05) is 20.2 Å². The summed E-state index contributed by atoms with van der Waals surface area (Å²) in [7, 11) is 1.71. The number of halogens is 2. The maximum Gasteiger partial charge on any atom is 0.228 e. The standard InChI is InChI=1S/C10H15Cl2NO2/c1-15-7-2-4-13(5-3-7)9(14)8-6-10(8,11)12/h7-8H,2-6H2,1H3. The summed E-state index contributed by atoms with van der Waals surface area (Å²) < 4.78 is 4.45. The Kier molecular flexibility index (Phi) is 3.15. The molecule has 1 aliphatic heterocycles. The minimum Gasteiger partial charge on any atom is -0.381 e. The van der Waals surface area contributed by atoms with Crippen molar-refractivity contribution in [1.82, 2.24) is 4.90 Å². The van der Waals surface area contributed by atoms with Crippen molar-refractivity contribution < 1.29 is 9.53 Å². The summed E-state index contributed by atoms with van der Waals surface area (Å²) in [6, 6.07) is 0. The molecular weight excluding hydrogens is 237 g/mol. The molecule has 3 nitrogen and oxygen atoms in total. The second-order valence-electron chi connectivity index (χ2n) is 4.28. The number of likely N-dealkylation sites (tertiary alicyclic amines) is 1. The van der Waals surface area contributed by atoms with Crippen LogP contribution in [0.1, 0.15) is 19.3 Å². The van der Waals surface area contributed by atoms with E-state index in [4.69, 9.17) is 27.9 Å². The van der Waals surface area contributed by atoms with Gasteiger partial charge in [0.25, 0.3) is 0 Å². The predicted octanol–water partition coefficient (Wildman–Crippen LogP) is 1.82. The molecular formula is C10H15Cl2NO2. The van der Waals surface area contributed by atoms with Crippen LogP contribution in [0.5, 0.6) is 0 Å². The Labute approximate surface area is 99.7 Å². The molecule has 1 unspecified atom stereocenters. The number of ether oxygens (including phenoxy) is 1. The number of hydrogen-bond acceptors (Lipinski definition) is 2. The van der Waals surface area contributed by atoms with E-state index in [0.717, 1.165) is 25.9 Å². The molecule has 1 heterocycles. The summed E-state index contributed by atoms with van der Waals surface area (Å²) in [6.45, 7) is 1.52. The van der Waals surface area contributed by atoms with Crippen molar-refractivity contribution in [3.63, 3.8) is 0 Å². The van der Waals surface area contributed by atoms with Crippen LogP contribution in [-0.4, -0.2) is 41.4 Å². The van der Waals surface area contributed by atoms with Crippen molar-refractivity contribution in [2.75, 3.05) is 20.2 Å². The number of nitrogens with zero attached hydrogens (tertiary/aromatic N) is 1. The summed E-state index contributed by atoms with van der Waals surface area (Å²) in [5.74, 6) is -0.0746. The van der Waals surface area contributed by atoms with Gasteiger partial charge in [0.15, 0.2) is 0 Å². The van der Waals surface area contributed by atoms with Crippen LogP contribution >= 0.6 is 23.2 Å². The Balaban J connectivity index is 1.84. The highest BCUT2D eigenvalue weighted by Crippen LogP contribution is 2.54. The van der Waals surface area contributed by atoms with Gasteiger partial charge in [-0.15, -0.1) is 23.2 Å². The lowest BCUT2D eigenvalue weighted by atomic mass is 10.1. The molecule has 0 aromatic carbocycles. The number of alkyl halides is 2. The molecule has 1 amide bonds. The number of methoxy groups -OCH3 is 1. The molecule has 1 aliphatic carbocycles. The van der Waals surface area contributed by atoms with Crippen LogP contribution in [0.4, 0.5) is 0 Å². The van der Waals surface area contributed by atoms with Gasteiger partial charge in [-0.25, -0.2) is 0 Å². The van der Waals surface area contributed by atoms with Crippen LogP contribution in [0.3, 0.4) is 0 Å². The van der Waals surface area contributed by atoms with Gasteiger partial charge in [-0.3, -0.25) is 4.79 Å². The molecule has 0 aromatic rings. The molecule has 86 valence electrons. The Bertz CT molecular complexity index is 262. The van der Waals surface area contributed by atoms with Crippen molar-refractivity contribution in [2.45, 2.75) is 29.7 Å². The second-order valence-corrected chi connectivity index (χ2v) is 5.82. The molecule has 1 atom stereocenters. The number of rotatable bonds is 2. The van der Waals surface area contributed by atoms with Gasteiger partial charge in [-0.1, -0.05) is 0 Å². The summed E-state index contributed by atoms with van der Waals surface area (Å²) in [5, 5.41) is 0. The van der Waals surface area contributed by atoms with E-state index in [1.54, 1.807) is 7.11 Å². The zero-order valence-electron chi connectivity index (χ0n) is 8.71. The van der Waals surface area contributed by atoms with E-state index in [2.05, 4.69) is 0 Å². The fourth-order valence-corrected chi connectivity index (χ4v) is 2.51. The maximum absolute atomic E-state index is 11.9. The molecule has 15 heavy (non-hydrogen) atoms. The monoisotopic (exact) mass is 251 g/mol.